The molecule has 0 amide bonds. The number of hydrogen-bond acceptors (Lipinski definition) is 5. The van der Waals surface area contributed by atoms with Crippen LogP contribution in [0.5, 0.6) is 0 Å². The molecular formula is C13H14N4S. The predicted molar refractivity (Wildman–Crippen MR) is 70.3 cm³/mol. The highest BCUT2D eigenvalue weighted by Crippen LogP contribution is 2.22. The summed E-state index contributed by atoms with van der Waals surface area (Å²) in [5, 5.41) is 5.10. The maximum atomic E-state index is 4.34. The van der Waals surface area contributed by atoms with Gasteiger partial charge in [-0.15, -0.1) is 0 Å². The minimum absolute atomic E-state index is 0.715. The van der Waals surface area contributed by atoms with Crippen LogP contribution in [0.25, 0.3) is 0 Å². The lowest BCUT2D eigenvalue weighted by molar-refractivity contribution is 0.680. The quantitative estimate of drug-likeness (QED) is 0.834. The normalized spacial score (nSPS) is 14.7. The van der Waals surface area contributed by atoms with Gasteiger partial charge in [-0.25, -0.2) is 15.0 Å². The van der Waals surface area contributed by atoms with Crippen molar-refractivity contribution in [1.29, 1.82) is 0 Å². The summed E-state index contributed by atoms with van der Waals surface area (Å²) >= 11 is 1.48. The Balaban J connectivity index is 1.59. The van der Waals surface area contributed by atoms with E-state index in [4.69, 9.17) is 0 Å². The zero-order chi connectivity index (χ0) is 12.2. The molecule has 1 aliphatic carbocycles. The second-order valence-corrected chi connectivity index (χ2v) is 5.29. The molecule has 0 bridgehead atoms. The van der Waals surface area contributed by atoms with Crippen LogP contribution in [0.3, 0.4) is 0 Å². The number of aromatic nitrogens is 3. The molecule has 18 heavy (non-hydrogen) atoms. The van der Waals surface area contributed by atoms with Crippen LogP contribution < -0.4 is 5.32 Å². The van der Waals surface area contributed by atoms with Crippen LogP contribution in [-0.2, 0) is 6.54 Å². The Hall–Kier alpha value is -1.46. The third-order valence-electron chi connectivity index (χ3n) is 2.69. The summed E-state index contributed by atoms with van der Waals surface area (Å²) in [6.45, 7) is 0.860. The summed E-state index contributed by atoms with van der Waals surface area (Å²) in [6.07, 6.45) is 8.14. The third kappa shape index (κ3) is 3.27. The van der Waals surface area contributed by atoms with E-state index in [1.165, 1.54) is 24.6 Å². The van der Waals surface area contributed by atoms with Crippen molar-refractivity contribution in [2.24, 2.45) is 0 Å². The molecule has 5 heteroatoms. The smallest absolute Gasteiger partial charge is 0.193 e. The van der Waals surface area contributed by atoms with Gasteiger partial charge in [-0.3, -0.25) is 0 Å². The molecule has 0 atom stereocenters. The fourth-order valence-corrected chi connectivity index (χ4v) is 2.20. The van der Waals surface area contributed by atoms with Crippen LogP contribution in [0.4, 0.5) is 0 Å². The minimum Gasteiger partial charge on any atom is -0.310 e. The number of rotatable bonds is 5. The fourth-order valence-electron chi connectivity index (χ4n) is 1.54. The van der Waals surface area contributed by atoms with Gasteiger partial charge in [-0.2, -0.15) is 0 Å². The minimum atomic E-state index is 0.715. The summed E-state index contributed by atoms with van der Waals surface area (Å²) in [4.78, 5) is 12.9. The average molecular weight is 258 g/mol. The van der Waals surface area contributed by atoms with Crippen LogP contribution in [0.2, 0.25) is 0 Å². The van der Waals surface area contributed by atoms with Crippen molar-refractivity contribution in [3.8, 4) is 0 Å². The highest BCUT2D eigenvalue weighted by molar-refractivity contribution is 7.99. The molecule has 0 radical (unpaired) electrons. The second kappa shape index (κ2) is 5.46. The molecular weight excluding hydrogens is 244 g/mol. The molecule has 4 nitrogen and oxygen atoms in total. The Morgan fingerprint density at radius 3 is 2.67 bits per heavy atom. The first-order valence-corrected chi connectivity index (χ1v) is 6.85. The van der Waals surface area contributed by atoms with E-state index >= 15 is 0 Å². The Morgan fingerprint density at radius 2 is 2.00 bits per heavy atom. The van der Waals surface area contributed by atoms with Crippen molar-refractivity contribution in [2.45, 2.75) is 35.6 Å². The molecule has 0 saturated heterocycles. The van der Waals surface area contributed by atoms with Gasteiger partial charge < -0.3 is 5.32 Å². The zero-order valence-electron chi connectivity index (χ0n) is 9.91. The van der Waals surface area contributed by atoms with E-state index in [-0.39, 0.29) is 0 Å². The first-order chi connectivity index (χ1) is 8.90. The molecule has 1 N–H and O–H groups in total. The molecule has 3 rings (SSSR count). The van der Waals surface area contributed by atoms with E-state index in [1.807, 2.05) is 30.6 Å². The van der Waals surface area contributed by atoms with E-state index in [9.17, 15) is 0 Å². The molecule has 0 spiro atoms. The van der Waals surface area contributed by atoms with Gasteiger partial charge in [0, 0.05) is 36.7 Å². The van der Waals surface area contributed by atoms with Gasteiger partial charge in [0.25, 0.3) is 0 Å². The van der Waals surface area contributed by atoms with Crippen molar-refractivity contribution >= 4 is 11.8 Å². The Morgan fingerprint density at radius 1 is 1.17 bits per heavy atom. The SMILES string of the molecule is c1ccc(Sc2ncc(CNC3CC3)cn2)nc1. The standard InChI is InChI=1S/C13H14N4S/c1-2-6-14-12(3-1)18-13-16-8-10(9-17-13)7-15-11-4-5-11/h1-3,6,8-9,11,15H,4-5,7H2. The van der Waals surface area contributed by atoms with E-state index in [2.05, 4.69) is 20.3 Å². The van der Waals surface area contributed by atoms with E-state index in [1.54, 1.807) is 6.20 Å². The van der Waals surface area contributed by atoms with Gasteiger partial charge in [0.1, 0.15) is 5.03 Å². The number of nitrogens with one attached hydrogen (secondary N) is 1. The lowest BCUT2D eigenvalue weighted by Gasteiger charge is -2.03. The second-order valence-electron chi connectivity index (χ2n) is 4.30. The van der Waals surface area contributed by atoms with Gasteiger partial charge in [-0.1, -0.05) is 6.07 Å². The van der Waals surface area contributed by atoms with Crippen LogP contribution >= 0.6 is 11.8 Å². The summed E-state index contributed by atoms with van der Waals surface area (Å²) in [7, 11) is 0. The van der Waals surface area contributed by atoms with Gasteiger partial charge >= 0.3 is 0 Å². The molecule has 1 aliphatic rings. The highest BCUT2D eigenvalue weighted by Gasteiger charge is 2.19. The first-order valence-electron chi connectivity index (χ1n) is 6.03. The molecule has 0 aliphatic heterocycles. The number of pyridine rings is 1. The van der Waals surface area contributed by atoms with Crippen LogP contribution in [0.15, 0.2) is 47.0 Å². The highest BCUT2D eigenvalue weighted by atomic mass is 32.2. The van der Waals surface area contributed by atoms with Crippen molar-refractivity contribution in [2.75, 3.05) is 0 Å². The largest absolute Gasteiger partial charge is 0.310 e. The molecule has 0 unspecified atom stereocenters. The summed E-state index contributed by atoms with van der Waals surface area (Å²) < 4.78 is 0. The molecule has 2 aromatic rings. The van der Waals surface area contributed by atoms with Gasteiger partial charge in [0.05, 0.1) is 0 Å². The van der Waals surface area contributed by atoms with Crippen molar-refractivity contribution < 1.29 is 0 Å². The van der Waals surface area contributed by atoms with Crippen LogP contribution in [0.1, 0.15) is 18.4 Å². The topological polar surface area (TPSA) is 50.7 Å². The van der Waals surface area contributed by atoms with Crippen molar-refractivity contribution in [1.82, 2.24) is 20.3 Å². The predicted octanol–water partition coefficient (Wildman–Crippen LogP) is 2.27. The lowest BCUT2D eigenvalue weighted by atomic mass is 10.3. The third-order valence-corrected chi connectivity index (χ3v) is 3.53. The number of nitrogens with zero attached hydrogens (tertiary/aromatic N) is 3. The maximum absolute atomic E-state index is 4.34. The monoisotopic (exact) mass is 258 g/mol. The molecule has 1 fully saturated rings. The summed E-state index contributed by atoms with van der Waals surface area (Å²) in [5.41, 5.74) is 1.13. The lowest BCUT2D eigenvalue weighted by Crippen LogP contribution is -2.15. The van der Waals surface area contributed by atoms with Crippen LogP contribution in [0, 0.1) is 0 Å². The van der Waals surface area contributed by atoms with E-state index in [0.717, 1.165) is 22.3 Å². The summed E-state index contributed by atoms with van der Waals surface area (Å²) in [5.74, 6) is 0. The van der Waals surface area contributed by atoms with Crippen molar-refractivity contribution in [3.05, 3.63) is 42.4 Å². The van der Waals surface area contributed by atoms with Gasteiger partial charge in [-0.05, 0) is 36.7 Å². The van der Waals surface area contributed by atoms with E-state index < -0.39 is 0 Å². The molecule has 2 aromatic heterocycles. The van der Waals surface area contributed by atoms with Gasteiger partial charge in [0.2, 0.25) is 0 Å². The first kappa shape index (κ1) is 11.6. The Bertz CT molecular complexity index is 496. The molecule has 2 heterocycles. The van der Waals surface area contributed by atoms with Gasteiger partial charge in [0.15, 0.2) is 5.16 Å². The molecule has 92 valence electrons. The summed E-state index contributed by atoms with van der Waals surface area (Å²) in [6, 6.07) is 6.53. The zero-order valence-corrected chi connectivity index (χ0v) is 10.7. The average Bonchev–Trinajstić information content (AvgIpc) is 3.23. The van der Waals surface area contributed by atoms with Crippen LogP contribution in [-0.4, -0.2) is 21.0 Å². The fraction of sp³-hybridized carbons (Fsp3) is 0.308. The van der Waals surface area contributed by atoms with E-state index in [0.29, 0.717) is 6.04 Å². The molecule has 0 aromatic carbocycles. The molecule has 1 saturated carbocycles. The Labute approximate surface area is 110 Å². The maximum Gasteiger partial charge on any atom is 0.193 e. The number of hydrogen-bond donors (Lipinski definition) is 1. The van der Waals surface area contributed by atoms with Crippen molar-refractivity contribution in [3.63, 3.8) is 0 Å². The Kier molecular flexibility index (Phi) is 3.52.